The van der Waals surface area contributed by atoms with Crippen molar-refractivity contribution in [3.8, 4) is 5.75 Å². The number of anilines is 1. The van der Waals surface area contributed by atoms with E-state index < -0.39 is 10.0 Å². The molecule has 1 aromatic carbocycles. The molecule has 0 unspecified atom stereocenters. The van der Waals surface area contributed by atoms with E-state index in [2.05, 4.69) is 6.92 Å². The molecular formula is C16H24N2O4S. The molecule has 0 spiro atoms. The standard InChI is InChI=1S/C16H24N2O4S/c1-13-7-6-10-17(11-13)16(19)12-18(23(3,20)21)14-8-4-5-9-15(14)22-2/h4-5,8-9,13H,6-7,10-12H2,1-3H3/t13-/m0/s1. The number of carbonyl (C=O) groups is 1. The number of carbonyl (C=O) groups excluding carboxylic acids is 1. The Morgan fingerprint density at radius 1 is 1.39 bits per heavy atom. The lowest BCUT2D eigenvalue weighted by atomic mass is 10.0. The number of nitrogens with zero attached hydrogens (tertiary/aromatic N) is 2. The van der Waals surface area contributed by atoms with Gasteiger partial charge < -0.3 is 9.64 Å². The number of rotatable bonds is 5. The van der Waals surface area contributed by atoms with Crippen molar-refractivity contribution >= 4 is 21.6 Å². The van der Waals surface area contributed by atoms with Crippen LogP contribution in [0.1, 0.15) is 19.8 Å². The Morgan fingerprint density at radius 2 is 2.09 bits per heavy atom. The van der Waals surface area contributed by atoms with Gasteiger partial charge in [-0.1, -0.05) is 19.1 Å². The predicted octanol–water partition coefficient (Wildman–Crippen LogP) is 1.72. The molecule has 6 nitrogen and oxygen atoms in total. The van der Waals surface area contributed by atoms with E-state index in [4.69, 9.17) is 4.74 Å². The maximum Gasteiger partial charge on any atom is 0.243 e. The van der Waals surface area contributed by atoms with Crippen LogP contribution >= 0.6 is 0 Å². The van der Waals surface area contributed by atoms with Gasteiger partial charge in [0.25, 0.3) is 0 Å². The summed E-state index contributed by atoms with van der Waals surface area (Å²) < 4.78 is 30.7. The van der Waals surface area contributed by atoms with Gasteiger partial charge >= 0.3 is 0 Å². The fourth-order valence-corrected chi connectivity index (χ4v) is 3.71. The van der Waals surface area contributed by atoms with Gasteiger partial charge in [0.2, 0.25) is 15.9 Å². The molecule has 23 heavy (non-hydrogen) atoms. The first-order chi connectivity index (χ1) is 10.8. The molecule has 1 heterocycles. The summed E-state index contributed by atoms with van der Waals surface area (Å²) in [5.74, 6) is 0.705. The summed E-state index contributed by atoms with van der Waals surface area (Å²) in [4.78, 5) is 14.3. The first-order valence-corrected chi connectivity index (χ1v) is 9.56. The zero-order chi connectivity index (χ0) is 17.0. The number of hydrogen-bond acceptors (Lipinski definition) is 4. The van der Waals surface area contributed by atoms with Crippen molar-refractivity contribution in [1.82, 2.24) is 4.90 Å². The molecule has 128 valence electrons. The number of likely N-dealkylation sites (tertiary alicyclic amines) is 1. The zero-order valence-corrected chi connectivity index (χ0v) is 14.7. The highest BCUT2D eigenvalue weighted by atomic mass is 32.2. The quantitative estimate of drug-likeness (QED) is 0.818. The zero-order valence-electron chi connectivity index (χ0n) is 13.9. The van der Waals surface area contributed by atoms with E-state index in [1.165, 1.54) is 7.11 Å². The van der Waals surface area contributed by atoms with Crippen LogP contribution in [0, 0.1) is 5.92 Å². The van der Waals surface area contributed by atoms with Crippen molar-refractivity contribution in [2.24, 2.45) is 5.92 Å². The van der Waals surface area contributed by atoms with Gasteiger partial charge in [0.05, 0.1) is 19.1 Å². The largest absolute Gasteiger partial charge is 0.495 e. The second-order valence-corrected chi connectivity index (χ2v) is 7.94. The van der Waals surface area contributed by atoms with Crippen LogP contribution in [-0.2, 0) is 14.8 Å². The van der Waals surface area contributed by atoms with Crippen molar-refractivity contribution < 1.29 is 17.9 Å². The number of sulfonamides is 1. The fraction of sp³-hybridized carbons (Fsp3) is 0.562. The smallest absolute Gasteiger partial charge is 0.243 e. The van der Waals surface area contributed by atoms with Crippen LogP contribution in [0.15, 0.2) is 24.3 Å². The highest BCUT2D eigenvalue weighted by Crippen LogP contribution is 2.29. The average molecular weight is 340 g/mol. The number of piperidine rings is 1. The maximum atomic E-state index is 12.6. The number of benzene rings is 1. The molecule has 1 atom stereocenters. The molecule has 1 aliphatic heterocycles. The number of ether oxygens (including phenoxy) is 1. The minimum Gasteiger partial charge on any atom is -0.495 e. The van der Waals surface area contributed by atoms with Gasteiger partial charge in [-0.3, -0.25) is 9.10 Å². The third-order valence-corrected chi connectivity index (χ3v) is 5.17. The summed E-state index contributed by atoms with van der Waals surface area (Å²) in [5.41, 5.74) is 0.385. The maximum absolute atomic E-state index is 12.6. The molecule has 1 amide bonds. The number of para-hydroxylation sites is 2. The van der Waals surface area contributed by atoms with E-state index in [1.807, 2.05) is 0 Å². The molecule has 2 rings (SSSR count). The third-order valence-electron chi connectivity index (χ3n) is 4.04. The van der Waals surface area contributed by atoms with E-state index >= 15 is 0 Å². The lowest BCUT2D eigenvalue weighted by Crippen LogP contribution is -2.46. The van der Waals surface area contributed by atoms with Crippen LogP contribution < -0.4 is 9.04 Å². The average Bonchev–Trinajstić information content (AvgIpc) is 2.51. The molecule has 0 N–H and O–H groups in total. The van der Waals surface area contributed by atoms with Crippen LogP contribution in [-0.4, -0.2) is 52.2 Å². The molecule has 1 aliphatic rings. The van der Waals surface area contributed by atoms with Crippen molar-refractivity contribution in [3.05, 3.63) is 24.3 Å². The van der Waals surface area contributed by atoms with E-state index in [-0.39, 0.29) is 12.5 Å². The Bertz CT molecular complexity index is 660. The van der Waals surface area contributed by atoms with E-state index in [0.717, 1.165) is 23.4 Å². The Morgan fingerprint density at radius 3 is 2.70 bits per heavy atom. The van der Waals surface area contributed by atoms with Gasteiger partial charge in [0.15, 0.2) is 0 Å². The van der Waals surface area contributed by atoms with E-state index in [1.54, 1.807) is 29.2 Å². The third kappa shape index (κ3) is 4.37. The van der Waals surface area contributed by atoms with Crippen molar-refractivity contribution in [3.63, 3.8) is 0 Å². The highest BCUT2D eigenvalue weighted by molar-refractivity contribution is 7.92. The second kappa shape index (κ2) is 7.21. The van der Waals surface area contributed by atoms with Gasteiger partial charge in [-0.15, -0.1) is 0 Å². The first-order valence-electron chi connectivity index (χ1n) is 7.71. The lowest BCUT2D eigenvalue weighted by molar-refractivity contribution is -0.131. The number of hydrogen-bond donors (Lipinski definition) is 0. The predicted molar refractivity (Wildman–Crippen MR) is 90.2 cm³/mol. The second-order valence-electron chi connectivity index (χ2n) is 6.03. The molecular weight excluding hydrogens is 316 g/mol. The number of amides is 1. The van der Waals surface area contributed by atoms with Crippen LogP contribution in [0.3, 0.4) is 0 Å². The van der Waals surface area contributed by atoms with Crippen molar-refractivity contribution in [1.29, 1.82) is 0 Å². The normalized spacial score (nSPS) is 18.6. The van der Waals surface area contributed by atoms with Crippen LogP contribution in [0.5, 0.6) is 5.75 Å². The van der Waals surface area contributed by atoms with Crippen molar-refractivity contribution in [2.45, 2.75) is 19.8 Å². The molecule has 0 bridgehead atoms. The van der Waals surface area contributed by atoms with Crippen LogP contribution in [0.4, 0.5) is 5.69 Å². The van der Waals surface area contributed by atoms with Crippen molar-refractivity contribution in [2.75, 3.05) is 37.3 Å². The Kier molecular flexibility index (Phi) is 5.51. The van der Waals surface area contributed by atoms with Gasteiger partial charge in [0, 0.05) is 13.1 Å². The Hall–Kier alpha value is -1.76. The molecule has 0 aromatic heterocycles. The minimum absolute atomic E-state index is 0.173. The summed E-state index contributed by atoms with van der Waals surface area (Å²) in [6.07, 6.45) is 3.16. The van der Waals surface area contributed by atoms with Gasteiger partial charge in [-0.05, 0) is 30.9 Å². The van der Waals surface area contributed by atoms with E-state index in [0.29, 0.717) is 30.4 Å². The molecule has 1 saturated heterocycles. The monoisotopic (exact) mass is 340 g/mol. The fourth-order valence-electron chi connectivity index (χ4n) is 2.86. The highest BCUT2D eigenvalue weighted by Gasteiger charge is 2.28. The van der Waals surface area contributed by atoms with Gasteiger partial charge in [-0.2, -0.15) is 0 Å². The molecule has 0 aliphatic carbocycles. The van der Waals surface area contributed by atoms with E-state index in [9.17, 15) is 13.2 Å². The first kappa shape index (κ1) is 17.6. The topological polar surface area (TPSA) is 66.9 Å². The van der Waals surface area contributed by atoms with Crippen LogP contribution in [0.25, 0.3) is 0 Å². The van der Waals surface area contributed by atoms with Gasteiger partial charge in [0.1, 0.15) is 12.3 Å². The molecule has 7 heteroatoms. The molecule has 1 aromatic rings. The summed E-state index contributed by atoms with van der Waals surface area (Å²) in [6.45, 7) is 3.27. The Labute approximate surface area is 138 Å². The summed E-state index contributed by atoms with van der Waals surface area (Å²) >= 11 is 0. The van der Waals surface area contributed by atoms with Crippen LogP contribution in [0.2, 0.25) is 0 Å². The lowest BCUT2D eigenvalue weighted by Gasteiger charge is -2.33. The molecule has 0 saturated carbocycles. The Balaban J connectivity index is 2.25. The van der Waals surface area contributed by atoms with Gasteiger partial charge in [-0.25, -0.2) is 8.42 Å². The summed E-state index contributed by atoms with van der Waals surface area (Å²) in [6, 6.07) is 6.81. The SMILES string of the molecule is COc1ccccc1N(CC(=O)N1CCC[C@H](C)C1)S(C)(=O)=O. The summed E-state index contributed by atoms with van der Waals surface area (Å²) in [5, 5.41) is 0. The molecule has 0 radical (unpaired) electrons. The number of methoxy groups -OCH3 is 1. The minimum atomic E-state index is -3.59. The summed E-state index contributed by atoms with van der Waals surface area (Å²) in [7, 11) is -2.11. The molecule has 1 fully saturated rings.